The summed E-state index contributed by atoms with van der Waals surface area (Å²) in [6, 6.07) is 8.00. The second-order valence-electron chi connectivity index (χ2n) is 5.15. The first-order valence-electron chi connectivity index (χ1n) is 6.23. The molecular formula is C15H22O2. The van der Waals surface area contributed by atoms with Crippen LogP contribution in [0, 0.1) is 11.8 Å². The summed E-state index contributed by atoms with van der Waals surface area (Å²) in [4.78, 5) is 11.4. The summed E-state index contributed by atoms with van der Waals surface area (Å²) in [5.41, 5.74) is 1.31. The molecule has 2 nitrogen and oxygen atoms in total. The maximum absolute atomic E-state index is 11.4. The van der Waals surface area contributed by atoms with Gasteiger partial charge in [0.1, 0.15) is 12.4 Å². The predicted molar refractivity (Wildman–Crippen MR) is 70.3 cm³/mol. The van der Waals surface area contributed by atoms with Gasteiger partial charge in [-0.15, -0.1) is 0 Å². The van der Waals surface area contributed by atoms with Crippen LogP contribution in [0.1, 0.15) is 33.3 Å². The zero-order valence-corrected chi connectivity index (χ0v) is 11.2. The molecule has 1 aromatic carbocycles. The fourth-order valence-electron chi connectivity index (χ4n) is 1.51. The van der Waals surface area contributed by atoms with E-state index in [1.807, 2.05) is 26.0 Å². The number of carbonyl (C=O) groups is 1. The van der Waals surface area contributed by atoms with Gasteiger partial charge in [-0.25, -0.2) is 0 Å². The highest BCUT2D eigenvalue weighted by molar-refractivity contribution is 5.81. The SMILES string of the molecule is CC(C)Cc1ccc(OCC(=O)C(C)C)cc1. The zero-order valence-electron chi connectivity index (χ0n) is 11.2. The summed E-state index contributed by atoms with van der Waals surface area (Å²) in [6.45, 7) is 8.34. The van der Waals surface area contributed by atoms with E-state index in [1.54, 1.807) is 0 Å². The fourth-order valence-corrected chi connectivity index (χ4v) is 1.51. The number of hydrogen-bond donors (Lipinski definition) is 0. The van der Waals surface area contributed by atoms with E-state index in [9.17, 15) is 4.79 Å². The molecule has 0 atom stereocenters. The van der Waals surface area contributed by atoms with Gasteiger partial charge in [-0.05, 0) is 30.0 Å². The van der Waals surface area contributed by atoms with Gasteiger partial charge in [-0.1, -0.05) is 39.8 Å². The molecule has 2 heteroatoms. The zero-order chi connectivity index (χ0) is 12.8. The molecule has 1 aromatic rings. The Labute approximate surface area is 104 Å². The Morgan fingerprint density at radius 3 is 2.18 bits per heavy atom. The molecule has 0 aliphatic rings. The average Bonchev–Trinajstić information content (AvgIpc) is 2.26. The lowest BCUT2D eigenvalue weighted by Gasteiger charge is -2.09. The van der Waals surface area contributed by atoms with Crippen molar-refractivity contribution in [3.8, 4) is 5.75 Å². The predicted octanol–water partition coefficient (Wildman–Crippen LogP) is 3.49. The number of ether oxygens (including phenoxy) is 1. The summed E-state index contributed by atoms with van der Waals surface area (Å²) in [5.74, 6) is 1.60. The van der Waals surface area contributed by atoms with Crippen molar-refractivity contribution in [1.29, 1.82) is 0 Å². The van der Waals surface area contributed by atoms with E-state index in [4.69, 9.17) is 4.74 Å². The Morgan fingerprint density at radius 1 is 1.12 bits per heavy atom. The van der Waals surface area contributed by atoms with Crippen molar-refractivity contribution in [2.45, 2.75) is 34.1 Å². The van der Waals surface area contributed by atoms with Crippen LogP contribution in [0.25, 0.3) is 0 Å². The molecule has 0 N–H and O–H groups in total. The molecule has 0 fully saturated rings. The molecule has 0 bridgehead atoms. The first kappa shape index (κ1) is 13.8. The molecule has 0 saturated heterocycles. The fraction of sp³-hybridized carbons (Fsp3) is 0.533. The molecule has 0 unspecified atom stereocenters. The molecule has 0 saturated carbocycles. The van der Waals surface area contributed by atoms with E-state index in [2.05, 4.69) is 26.0 Å². The Kier molecular flexibility index (Phi) is 5.20. The standard InChI is InChI=1S/C15H22O2/c1-11(2)9-13-5-7-14(8-6-13)17-10-15(16)12(3)4/h5-8,11-12H,9-10H2,1-4H3. The van der Waals surface area contributed by atoms with Gasteiger partial charge in [0.15, 0.2) is 5.78 Å². The van der Waals surface area contributed by atoms with Crippen LogP contribution in [0.2, 0.25) is 0 Å². The maximum atomic E-state index is 11.4. The highest BCUT2D eigenvalue weighted by atomic mass is 16.5. The molecule has 0 radical (unpaired) electrons. The van der Waals surface area contributed by atoms with Gasteiger partial charge in [0, 0.05) is 5.92 Å². The van der Waals surface area contributed by atoms with E-state index in [-0.39, 0.29) is 18.3 Å². The Balaban J connectivity index is 2.48. The lowest BCUT2D eigenvalue weighted by Crippen LogP contribution is -2.16. The average molecular weight is 234 g/mol. The lowest BCUT2D eigenvalue weighted by molar-refractivity contribution is -0.123. The number of ketones is 1. The quantitative estimate of drug-likeness (QED) is 0.753. The van der Waals surface area contributed by atoms with E-state index >= 15 is 0 Å². The summed E-state index contributed by atoms with van der Waals surface area (Å²) in [5, 5.41) is 0. The largest absolute Gasteiger partial charge is 0.486 e. The van der Waals surface area contributed by atoms with Crippen molar-refractivity contribution in [3.05, 3.63) is 29.8 Å². The Hall–Kier alpha value is -1.31. The van der Waals surface area contributed by atoms with E-state index < -0.39 is 0 Å². The molecule has 0 aliphatic carbocycles. The van der Waals surface area contributed by atoms with Crippen LogP contribution in [0.3, 0.4) is 0 Å². The molecular weight excluding hydrogens is 212 g/mol. The van der Waals surface area contributed by atoms with Crippen LogP contribution in [0.5, 0.6) is 5.75 Å². The van der Waals surface area contributed by atoms with E-state index in [0.29, 0.717) is 5.92 Å². The number of hydrogen-bond acceptors (Lipinski definition) is 2. The summed E-state index contributed by atoms with van der Waals surface area (Å²) in [6.07, 6.45) is 1.07. The highest BCUT2D eigenvalue weighted by Gasteiger charge is 2.07. The molecule has 1 rings (SSSR count). The summed E-state index contributed by atoms with van der Waals surface area (Å²) < 4.78 is 5.44. The van der Waals surface area contributed by atoms with Crippen LogP contribution in [0.4, 0.5) is 0 Å². The highest BCUT2D eigenvalue weighted by Crippen LogP contribution is 2.15. The molecule has 0 aliphatic heterocycles. The maximum Gasteiger partial charge on any atom is 0.172 e. The normalized spacial score (nSPS) is 10.9. The van der Waals surface area contributed by atoms with Crippen molar-refractivity contribution >= 4 is 5.78 Å². The molecule has 94 valence electrons. The van der Waals surface area contributed by atoms with Crippen LogP contribution in [-0.2, 0) is 11.2 Å². The van der Waals surface area contributed by atoms with Crippen LogP contribution >= 0.6 is 0 Å². The van der Waals surface area contributed by atoms with Gasteiger partial charge in [-0.2, -0.15) is 0 Å². The minimum absolute atomic E-state index is 0.0372. The van der Waals surface area contributed by atoms with Gasteiger partial charge in [0.2, 0.25) is 0 Å². The third kappa shape index (κ3) is 5.03. The number of carbonyl (C=O) groups excluding carboxylic acids is 1. The second-order valence-corrected chi connectivity index (χ2v) is 5.15. The van der Waals surface area contributed by atoms with Crippen molar-refractivity contribution in [2.24, 2.45) is 11.8 Å². The minimum atomic E-state index is 0.0372. The van der Waals surface area contributed by atoms with Gasteiger partial charge in [0.05, 0.1) is 0 Å². The summed E-state index contributed by atoms with van der Waals surface area (Å²) in [7, 11) is 0. The molecule has 17 heavy (non-hydrogen) atoms. The van der Waals surface area contributed by atoms with Crippen molar-refractivity contribution in [2.75, 3.05) is 6.61 Å². The van der Waals surface area contributed by atoms with Crippen LogP contribution < -0.4 is 4.74 Å². The minimum Gasteiger partial charge on any atom is -0.486 e. The topological polar surface area (TPSA) is 26.3 Å². The first-order chi connectivity index (χ1) is 7.99. The van der Waals surface area contributed by atoms with Crippen molar-refractivity contribution < 1.29 is 9.53 Å². The molecule has 0 amide bonds. The monoisotopic (exact) mass is 234 g/mol. The van der Waals surface area contributed by atoms with E-state index in [1.165, 1.54) is 5.56 Å². The summed E-state index contributed by atoms with van der Waals surface area (Å²) >= 11 is 0. The van der Waals surface area contributed by atoms with Gasteiger partial charge in [0.25, 0.3) is 0 Å². The lowest BCUT2D eigenvalue weighted by atomic mass is 10.0. The smallest absolute Gasteiger partial charge is 0.172 e. The Morgan fingerprint density at radius 2 is 1.71 bits per heavy atom. The van der Waals surface area contributed by atoms with Gasteiger partial charge in [-0.3, -0.25) is 4.79 Å². The first-order valence-corrected chi connectivity index (χ1v) is 6.23. The second kappa shape index (κ2) is 6.43. The molecule has 0 aromatic heterocycles. The van der Waals surface area contributed by atoms with E-state index in [0.717, 1.165) is 12.2 Å². The van der Waals surface area contributed by atoms with Gasteiger partial charge >= 0.3 is 0 Å². The molecule has 0 spiro atoms. The number of rotatable bonds is 6. The number of benzene rings is 1. The third-order valence-electron chi connectivity index (χ3n) is 2.59. The number of Topliss-reactive ketones (excluding diaryl/α,β-unsaturated/α-hetero) is 1. The van der Waals surface area contributed by atoms with Crippen LogP contribution in [0.15, 0.2) is 24.3 Å². The molecule has 0 heterocycles. The Bertz CT molecular complexity index is 350. The van der Waals surface area contributed by atoms with Crippen LogP contribution in [-0.4, -0.2) is 12.4 Å². The van der Waals surface area contributed by atoms with Crippen molar-refractivity contribution in [1.82, 2.24) is 0 Å². The third-order valence-corrected chi connectivity index (χ3v) is 2.59. The van der Waals surface area contributed by atoms with Gasteiger partial charge < -0.3 is 4.74 Å². The van der Waals surface area contributed by atoms with Crippen molar-refractivity contribution in [3.63, 3.8) is 0 Å².